The van der Waals surface area contributed by atoms with Crippen molar-refractivity contribution in [2.75, 3.05) is 7.11 Å². The minimum absolute atomic E-state index is 0.293. The number of nitrogens with zero attached hydrogens (tertiary/aromatic N) is 3. The van der Waals surface area contributed by atoms with Crippen LogP contribution in [0.15, 0.2) is 17.1 Å². The first-order valence-electron chi connectivity index (χ1n) is 4.43. The van der Waals surface area contributed by atoms with Crippen molar-refractivity contribution in [3.8, 4) is 5.75 Å². The van der Waals surface area contributed by atoms with Crippen molar-refractivity contribution in [3.05, 3.63) is 28.5 Å². The molecule has 0 amide bonds. The molecule has 0 aliphatic carbocycles. The third-order valence-electron chi connectivity index (χ3n) is 2.23. The first kappa shape index (κ1) is 10.1. The number of ether oxygens (including phenoxy) is 1. The molecule has 0 fully saturated rings. The Hall–Kier alpha value is -1.40. The Morgan fingerprint density at radius 1 is 1.60 bits per heavy atom. The molecule has 0 bridgehead atoms. The van der Waals surface area contributed by atoms with E-state index in [1.807, 2.05) is 12.4 Å². The highest BCUT2D eigenvalue weighted by atomic mass is 32.1. The van der Waals surface area contributed by atoms with Gasteiger partial charge in [-0.2, -0.15) is 5.10 Å². The Kier molecular flexibility index (Phi) is 2.70. The van der Waals surface area contributed by atoms with Gasteiger partial charge in [0.05, 0.1) is 30.6 Å². The van der Waals surface area contributed by atoms with Crippen molar-refractivity contribution in [1.82, 2.24) is 14.8 Å². The van der Waals surface area contributed by atoms with Gasteiger partial charge in [0.15, 0.2) is 5.75 Å². The molecule has 6 heteroatoms. The second kappa shape index (κ2) is 4.00. The van der Waals surface area contributed by atoms with Crippen LogP contribution < -0.4 is 10.5 Å². The van der Waals surface area contributed by atoms with Crippen LogP contribution in [-0.2, 0) is 7.05 Å². The van der Waals surface area contributed by atoms with Crippen LogP contribution in [0, 0.1) is 0 Å². The molecule has 0 aromatic carbocycles. The van der Waals surface area contributed by atoms with Gasteiger partial charge in [0.2, 0.25) is 0 Å². The van der Waals surface area contributed by atoms with Gasteiger partial charge in [-0.05, 0) is 0 Å². The highest BCUT2D eigenvalue weighted by molar-refractivity contribution is 7.07. The standard InChI is InChI=1S/C9H12N4OS/c1-13-9(7(14-2)3-12-13)8(10)6-4-15-5-11-6/h3-5,8H,10H2,1-2H3. The van der Waals surface area contributed by atoms with Crippen molar-refractivity contribution < 1.29 is 4.74 Å². The molecule has 2 heterocycles. The summed E-state index contributed by atoms with van der Waals surface area (Å²) in [5.41, 5.74) is 9.52. The van der Waals surface area contributed by atoms with E-state index in [0.29, 0.717) is 5.75 Å². The Labute approximate surface area is 91.5 Å². The summed E-state index contributed by atoms with van der Waals surface area (Å²) >= 11 is 1.52. The second-order valence-electron chi connectivity index (χ2n) is 3.11. The van der Waals surface area contributed by atoms with E-state index in [9.17, 15) is 0 Å². The molecule has 0 aliphatic heterocycles. The normalized spacial score (nSPS) is 12.7. The number of aryl methyl sites for hydroxylation is 1. The Morgan fingerprint density at radius 3 is 3.00 bits per heavy atom. The molecule has 0 spiro atoms. The number of nitrogens with two attached hydrogens (primary N) is 1. The average Bonchev–Trinajstić information content (AvgIpc) is 2.85. The maximum absolute atomic E-state index is 6.09. The topological polar surface area (TPSA) is 66.0 Å². The fraction of sp³-hybridized carbons (Fsp3) is 0.333. The number of hydrogen-bond donors (Lipinski definition) is 1. The van der Waals surface area contributed by atoms with E-state index in [1.165, 1.54) is 11.3 Å². The number of aromatic nitrogens is 3. The van der Waals surface area contributed by atoms with E-state index in [4.69, 9.17) is 10.5 Å². The second-order valence-corrected chi connectivity index (χ2v) is 3.83. The summed E-state index contributed by atoms with van der Waals surface area (Å²) < 4.78 is 6.91. The summed E-state index contributed by atoms with van der Waals surface area (Å²) in [7, 11) is 3.44. The van der Waals surface area contributed by atoms with Gasteiger partial charge in [0, 0.05) is 12.4 Å². The number of rotatable bonds is 3. The van der Waals surface area contributed by atoms with Crippen LogP contribution in [0.1, 0.15) is 17.4 Å². The minimum Gasteiger partial charge on any atom is -0.493 e. The summed E-state index contributed by atoms with van der Waals surface area (Å²) in [6.45, 7) is 0. The zero-order valence-electron chi connectivity index (χ0n) is 8.54. The van der Waals surface area contributed by atoms with Crippen LogP contribution in [-0.4, -0.2) is 21.9 Å². The highest BCUT2D eigenvalue weighted by Gasteiger charge is 2.19. The van der Waals surface area contributed by atoms with Crippen molar-refractivity contribution in [2.24, 2.45) is 12.8 Å². The Bertz CT molecular complexity index is 437. The van der Waals surface area contributed by atoms with Gasteiger partial charge in [-0.3, -0.25) is 4.68 Å². The molecule has 2 rings (SSSR count). The fourth-order valence-electron chi connectivity index (χ4n) is 1.45. The number of thiazole rings is 1. The first-order chi connectivity index (χ1) is 7.24. The van der Waals surface area contributed by atoms with Crippen molar-refractivity contribution in [1.29, 1.82) is 0 Å². The smallest absolute Gasteiger partial charge is 0.161 e. The van der Waals surface area contributed by atoms with Crippen LogP contribution in [0.25, 0.3) is 0 Å². The fourth-order valence-corrected chi connectivity index (χ4v) is 2.04. The molecular formula is C9H12N4OS. The lowest BCUT2D eigenvalue weighted by Gasteiger charge is -2.11. The summed E-state index contributed by atoms with van der Waals surface area (Å²) in [5.74, 6) is 0.693. The first-order valence-corrected chi connectivity index (χ1v) is 5.38. The summed E-state index contributed by atoms with van der Waals surface area (Å²) in [5, 5.41) is 6.03. The number of hydrogen-bond acceptors (Lipinski definition) is 5. The summed E-state index contributed by atoms with van der Waals surface area (Å²) in [6.07, 6.45) is 1.65. The molecular weight excluding hydrogens is 212 g/mol. The third kappa shape index (κ3) is 1.73. The van der Waals surface area contributed by atoms with Crippen LogP contribution in [0.5, 0.6) is 5.75 Å². The quantitative estimate of drug-likeness (QED) is 0.842. The zero-order valence-corrected chi connectivity index (χ0v) is 9.36. The molecule has 0 saturated heterocycles. The third-order valence-corrected chi connectivity index (χ3v) is 2.84. The lowest BCUT2D eigenvalue weighted by atomic mass is 10.1. The van der Waals surface area contributed by atoms with Crippen LogP contribution in [0.3, 0.4) is 0 Å². The van der Waals surface area contributed by atoms with Crippen molar-refractivity contribution >= 4 is 11.3 Å². The van der Waals surface area contributed by atoms with Crippen LogP contribution >= 0.6 is 11.3 Å². The largest absolute Gasteiger partial charge is 0.493 e. The molecule has 2 N–H and O–H groups in total. The lowest BCUT2D eigenvalue weighted by molar-refractivity contribution is 0.405. The molecule has 15 heavy (non-hydrogen) atoms. The number of methoxy groups -OCH3 is 1. The molecule has 2 aromatic rings. The van der Waals surface area contributed by atoms with E-state index >= 15 is 0 Å². The minimum atomic E-state index is -0.293. The SMILES string of the molecule is COc1cnn(C)c1C(N)c1cscn1. The molecule has 5 nitrogen and oxygen atoms in total. The van der Waals surface area contributed by atoms with E-state index in [1.54, 1.807) is 23.5 Å². The lowest BCUT2D eigenvalue weighted by Crippen LogP contribution is -2.17. The van der Waals surface area contributed by atoms with Crippen LogP contribution in [0.4, 0.5) is 0 Å². The highest BCUT2D eigenvalue weighted by Crippen LogP contribution is 2.27. The van der Waals surface area contributed by atoms with Crippen molar-refractivity contribution in [2.45, 2.75) is 6.04 Å². The maximum Gasteiger partial charge on any atom is 0.161 e. The summed E-state index contributed by atoms with van der Waals surface area (Å²) in [4.78, 5) is 4.19. The predicted molar refractivity (Wildman–Crippen MR) is 57.9 cm³/mol. The molecule has 0 saturated carbocycles. The van der Waals surface area contributed by atoms with Gasteiger partial charge in [0.1, 0.15) is 5.69 Å². The van der Waals surface area contributed by atoms with Crippen LogP contribution in [0.2, 0.25) is 0 Å². The van der Waals surface area contributed by atoms with Gasteiger partial charge in [0.25, 0.3) is 0 Å². The van der Waals surface area contributed by atoms with Gasteiger partial charge < -0.3 is 10.5 Å². The van der Waals surface area contributed by atoms with Crippen molar-refractivity contribution in [3.63, 3.8) is 0 Å². The van der Waals surface area contributed by atoms with Gasteiger partial charge in [-0.15, -0.1) is 11.3 Å². The van der Waals surface area contributed by atoms with Gasteiger partial charge in [-0.25, -0.2) is 4.98 Å². The van der Waals surface area contributed by atoms with Gasteiger partial charge >= 0.3 is 0 Å². The van der Waals surface area contributed by atoms with E-state index in [2.05, 4.69) is 10.1 Å². The monoisotopic (exact) mass is 224 g/mol. The predicted octanol–water partition coefficient (Wildman–Crippen LogP) is 0.933. The Balaban J connectivity index is 2.40. The molecule has 80 valence electrons. The van der Waals surface area contributed by atoms with Gasteiger partial charge in [-0.1, -0.05) is 0 Å². The summed E-state index contributed by atoms with van der Waals surface area (Å²) in [6, 6.07) is -0.293. The molecule has 1 atom stereocenters. The molecule has 0 radical (unpaired) electrons. The molecule has 0 aliphatic rings. The zero-order chi connectivity index (χ0) is 10.8. The Morgan fingerprint density at radius 2 is 2.40 bits per heavy atom. The van der Waals surface area contributed by atoms with E-state index in [-0.39, 0.29) is 6.04 Å². The maximum atomic E-state index is 6.09. The van der Waals surface area contributed by atoms with E-state index < -0.39 is 0 Å². The molecule has 1 unspecified atom stereocenters. The molecule has 2 aromatic heterocycles. The average molecular weight is 224 g/mol. The van der Waals surface area contributed by atoms with E-state index in [0.717, 1.165) is 11.4 Å².